The zero-order valence-electron chi connectivity index (χ0n) is 12.1. The first-order valence-corrected chi connectivity index (χ1v) is 6.57. The molecule has 0 fully saturated rings. The summed E-state index contributed by atoms with van der Waals surface area (Å²) in [6.07, 6.45) is 0.934. The van der Waals surface area contributed by atoms with Crippen LogP contribution in [0.5, 0.6) is 5.75 Å². The Labute approximate surface area is 114 Å². The van der Waals surface area contributed by atoms with Crippen molar-refractivity contribution in [2.24, 2.45) is 0 Å². The van der Waals surface area contributed by atoms with Crippen molar-refractivity contribution in [1.82, 2.24) is 5.32 Å². The standard InChI is InChI=1S/C15H23NO3/c1-5-8-19-13-9-11(2)6-7-12(13)10-16-14(17)15(3,4)18/h6-7,9,18H,5,8,10H2,1-4H3,(H,16,17). The molecule has 0 saturated heterocycles. The molecule has 4 heteroatoms. The monoisotopic (exact) mass is 265 g/mol. The molecule has 1 aromatic carbocycles. The van der Waals surface area contributed by atoms with Crippen LogP contribution in [0.15, 0.2) is 18.2 Å². The van der Waals surface area contributed by atoms with Crippen molar-refractivity contribution in [2.45, 2.75) is 46.3 Å². The fraction of sp³-hybridized carbons (Fsp3) is 0.533. The van der Waals surface area contributed by atoms with Crippen LogP contribution in [0, 0.1) is 6.92 Å². The third kappa shape index (κ3) is 4.91. The minimum absolute atomic E-state index is 0.349. The Bertz CT molecular complexity index is 436. The molecule has 0 aliphatic rings. The Balaban J connectivity index is 2.74. The zero-order valence-corrected chi connectivity index (χ0v) is 12.1. The Kier molecular flexibility index (Phi) is 5.36. The Morgan fingerprint density at radius 2 is 2.11 bits per heavy atom. The van der Waals surface area contributed by atoms with Crippen LogP contribution in [0.2, 0.25) is 0 Å². The number of ether oxygens (including phenoxy) is 1. The summed E-state index contributed by atoms with van der Waals surface area (Å²) in [7, 11) is 0. The van der Waals surface area contributed by atoms with Gasteiger partial charge < -0.3 is 15.2 Å². The molecule has 1 rings (SSSR count). The molecule has 1 aromatic rings. The number of carbonyl (C=O) groups is 1. The van der Waals surface area contributed by atoms with Gasteiger partial charge in [-0.15, -0.1) is 0 Å². The van der Waals surface area contributed by atoms with E-state index in [1.54, 1.807) is 0 Å². The smallest absolute Gasteiger partial charge is 0.251 e. The first-order valence-electron chi connectivity index (χ1n) is 6.57. The number of amides is 1. The van der Waals surface area contributed by atoms with Crippen LogP contribution in [0.25, 0.3) is 0 Å². The van der Waals surface area contributed by atoms with Crippen LogP contribution in [0.3, 0.4) is 0 Å². The van der Waals surface area contributed by atoms with Gasteiger partial charge in [0, 0.05) is 12.1 Å². The predicted octanol–water partition coefficient (Wildman–Crippen LogP) is 2.17. The summed E-state index contributed by atoms with van der Waals surface area (Å²) < 4.78 is 5.67. The number of hydrogen-bond acceptors (Lipinski definition) is 3. The summed E-state index contributed by atoms with van der Waals surface area (Å²) >= 11 is 0. The van der Waals surface area contributed by atoms with Gasteiger partial charge >= 0.3 is 0 Å². The van der Waals surface area contributed by atoms with Crippen molar-refractivity contribution in [3.63, 3.8) is 0 Å². The Morgan fingerprint density at radius 3 is 2.68 bits per heavy atom. The van der Waals surface area contributed by atoms with E-state index >= 15 is 0 Å². The van der Waals surface area contributed by atoms with Crippen molar-refractivity contribution >= 4 is 5.91 Å². The maximum absolute atomic E-state index is 11.6. The fourth-order valence-corrected chi connectivity index (χ4v) is 1.55. The molecule has 0 atom stereocenters. The van der Waals surface area contributed by atoms with E-state index in [4.69, 9.17) is 4.74 Å². The van der Waals surface area contributed by atoms with E-state index in [9.17, 15) is 9.90 Å². The van der Waals surface area contributed by atoms with Gasteiger partial charge in [0.1, 0.15) is 11.4 Å². The van der Waals surface area contributed by atoms with Crippen molar-refractivity contribution in [1.29, 1.82) is 0 Å². The first-order chi connectivity index (χ1) is 8.84. The number of benzene rings is 1. The molecule has 0 bridgehead atoms. The molecule has 0 saturated carbocycles. The molecule has 2 N–H and O–H groups in total. The Morgan fingerprint density at radius 1 is 1.42 bits per heavy atom. The van der Waals surface area contributed by atoms with Crippen molar-refractivity contribution in [2.75, 3.05) is 6.61 Å². The van der Waals surface area contributed by atoms with E-state index in [0.717, 1.165) is 23.3 Å². The lowest BCUT2D eigenvalue weighted by Crippen LogP contribution is -2.41. The summed E-state index contributed by atoms with van der Waals surface area (Å²) in [6, 6.07) is 5.87. The van der Waals surface area contributed by atoms with Crippen molar-refractivity contribution in [3.05, 3.63) is 29.3 Å². The predicted molar refractivity (Wildman–Crippen MR) is 75.1 cm³/mol. The van der Waals surface area contributed by atoms with Gasteiger partial charge in [-0.25, -0.2) is 0 Å². The molecule has 0 aliphatic carbocycles. The molecule has 0 aromatic heterocycles. The molecule has 1 amide bonds. The molecule has 0 unspecified atom stereocenters. The quantitative estimate of drug-likeness (QED) is 0.828. The Hall–Kier alpha value is -1.55. The van der Waals surface area contributed by atoms with Gasteiger partial charge in [-0.1, -0.05) is 19.1 Å². The maximum Gasteiger partial charge on any atom is 0.251 e. The molecule has 4 nitrogen and oxygen atoms in total. The number of hydrogen-bond donors (Lipinski definition) is 2. The fourth-order valence-electron chi connectivity index (χ4n) is 1.55. The van der Waals surface area contributed by atoms with E-state index in [1.807, 2.05) is 32.0 Å². The van der Waals surface area contributed by atoms with Gasteiger partial charge in [-0.05, 0) is 38.8 Å². The lowest BCUT2D eigenvalue weighted by Gasteiger charge is -2.18. The highest BCUT2D eigenvalue weighted by Crippen LogP contribution is 2.20. The lowest BCUT2D eigenvalue weighted by atomic mass is 10.1. The van der Waals surface area contributed by atoms with Gasteiger partial charge in [0.15, 0.2) is 0 Å². The van der Waals surface area contributed by atoms with Crippen LogP contribution < -0.4 is 10.1 Å². The van der Waals surface area contributed by atoms with Crippen molar-refractivity contribution < 1.29 is 14.6 Å². The topological polar surface area (TPSA) is 58.6 Å². The highest BCUT2D eigenvalue weighted by atomic mass is 16.5. The maximum atomic E-state index is 11.6. The minimum atomic E-state index is -1.37. The number of aryl methyl sites for hydroxylation is 1. The van der Waals surface area contributed by atoms with Crippen LogP contribution in [-0.4, -0.2) is 23.2 Å². The third-order valence-corrected chi connectivity index (χ3v) is 2.68. The van der Waals surface area contributed by atoms with Gasteiger partial charge in [0.2, 0.25) is 0 Å². The van der Waals surface area contributed by atoms with Gasteiger partial charge in [0.25, 0.3) is 5.91 Å². The molecule has 0 radical (unpaired) electrons. The average Bonchev–Trinajstić information content (AvgIpc) is 2.33. The van der Waals surface area contributed by atoms with E-state index in [-0.39, 0.29) is 0 Å². The number of carbonyl (C=O) groups excluding carboxylic acids is 1. The summed E-state index contributed by atoms with van der Waals surface area (Å²) in [5.74, 6) is 0.396. The number of rotatable bonds is 6. The largest absolute Gasteiger partial charge is 0.493 e. The average molecular weight is 265 g/mol. The van der Waals surface area contributed by atoms with E-state index in [1.165, 1.54) is 13.8 Å². The summed E-state index contributed by atoms with van der Waals surface area (Å²) in [6.45, 7) is 7.97. The van der Waals surface area contributed by atoms with Gasteiger partial charge in [0.05, 0.1) is 6.61 Å². The molecular formula is C15H23NO3. The second kappa shape index (κ2) is 6.57. The van der Waals surface area contributed by atoms with E-state index in [0.29, 0.717) is 13.2 Å². The molecule has 0 spiro atoms. The highest BCUT2D eigenvalue weighted by Gasteiger charge is 2.23. The van der Waals surface area contributed by atoms with Crippen LogP contribution in [0.1, 0.15) is 38.3 Å². The third-order valence-electron chi connectivity index (χ3n) is 2.68. The molecule has 0 heterocycles. The summed E-state index contributed by atoms with van der Waals surface area (Å²) in [4.78, 5) is 11.6. The van der Waals surface area contributed by atoms with Gasteiger partial charge in [-0.3, -0.25) is 4.79 Å². The highest BCUT2D eigenvalue weighted by molar-refractivity contribution is 5.83. The van der Waals surface area contributed by atoms with Crippen LogP contribution >= 0.6 is 0 Å². The summed E-state index contributed by atoms with van der Waals surface area (Å²) in [5, 5.41) is 12.3. The van der Waals surface area contributed by atoms with Crippen LogP contribution in [-0.2, 0) is 11.3 Å². The van der Waals surface area contributed by atoms with Gasteiger partial charge in [-0.2, -0.15) is 0 Å². The van der Waals surface area contributed by atoms with Crippen molar-refractivity contribution in [3.8, 4) is 5.75 Å². The summed E-state index contributed by atoms with van der Waals surface area (Å²) in [5.41, 5.74) is 0.662. The SMILES string of the molecule is CCCOc1cc(C)ccc1CNC(=O)C(C)(C)O. The normalized spacial score (nSPS) is 11.2. The molecule has 19 heavy (non-hydrogen) atoms. The second-order valence-corrected chi connectivity index (χ2v) is 5.20. The van der Waals surface area contributed by atoms with E-state index < -0.39 is 11.5 Å². The molecule has 106 valence electrons. The van der Waals surface area contributed by atoms with E-state index in [2.05, 4.69) is 5.32 Å². The number of aliphatic hydroxyl groups is 1. The lowest BCUT2D eigenvalue weighted by molar-refractivity contribution is -0.136. The molecule has 0 aliphatic heterocycles. The van der Waals surface area contributed by atoms with Crippen LogP contribution in [0.4, 0.5) is 0 Å². The minimum Gasteiger partial charge on any atom is -0.493 e. The second-order valence-electron chi connectivity index (χ2n) is 5.20. The number of nitrogens with one attached hydrogen (secondary N) is 1. The zero-order chi connectivity index (χ0) is 14.5. The first kappa shape index (κ1) is 15.5. The molecular weight excluding hydrogens is 242 g/mol.